The highest BCUT2D eigenvalue weighted by atomic mass is 16.5. The lowest BCUT2D eigenvalue weighted by molar-refractivity contribution is 0.0969. The van der Waals surface area contributed by atoms with Crippen LogP contribution in [0.2, 0.25) is 0 Å². The average molecular weight is 346 g/mol. The minimum Gasteiger partial charge on any atom is -0.497 e. The van der Waals surface area contributed by atoms with Gasteiger partial charge in [-0.05, 0) is 37.3 Å². The fourth-order valence-corrected chi connectivity index (χ4v) is 3.07. The quantitative estimate of drug-likeness (QED) is 0.760. The maximum Gasteiger partial charge on any atom is 0.208 e. The first-order valence-corrected chi connectivity index (χ1v) is 8.29. The number of carbonyl (C=O) groups is 1. The summed E-state index contributed by atoms with van der Waals surface area (Å²) in [6.45, 7) is 2.04. The third-order valence-corrected chi connectivity index (χ3v) is 4.34. The van der Waals surface area contributed by atoms with Crippen LogP contribution in [0.3, 0.4) is 0 Å². The van der Waals surface area contributed by atoms with Crippen molar-refractivity contribution in [1.29, 1.82) is 0 Å². The van der Waals surface area contributed by atoms with Crippen molar-refractivity contribution >= 4 is 17.3 Å². The molecule has 1 aliphatic heterocycles. The number of benzene rings is 2. The second-order valence-corrected chi connectivity index (χ2v) is 6.14. The lowest BCUT2D eigenvalue weighted by atomic mass is 9.90. The zero-order valence-corrected chi connectivity index (χ0v) is 14.5. The largest absolute Gasteiger partial charge is 0.497 e. The van der Waals surface area contributed by atoms with Crippen molar-refractivity contribution < 1.29 is 9.53 Å². The summed E-state index contributed by atoms with van der Waals surface area (Å²) < 4.78 is 5.30. The molecule has 1 aliphatic rings. The van der Waals surface area contributed by atoms with Crippen LogP contribution >= 0.6 is 0 Å². The third-order valence-electron chi connectivity index (χ3n) is 4.34. The topological polar surface area (TPSA) is 79.4 Å². The molecule has 0 fully saturated rings. The zero-order valence-electron chi connectivity index (χ0n) is 14.5. The third kappa shape index (κ3) is 2.86. The maximum atomic E-state index is 13.0. The molecule has 0 spiro atoms. The fraction of sp³-hybridized carbons (Fsp3) is 0.150. The first-order chi connectivity index (χ1) is 12.7. The lowest BCUT2D eigenvalue weighted by Gasteiger charge is -2.24. The van der Waals surface area contributed by atoms with E-state index in [9.17, 15) is 4.79 Å². The number of aromatic amines is 1. The molecule has 26 heavy (non-hydrogen) atoms. The van der Waals surface area contributed by atoms with Gasteiger partial charge in [0.2, 0.25) is 5.78 Å². The summed E-state index contributed by atoms with van der Waals surface area (Å²) in [5.74, 6) is 1.18. The lowest BCUT2D eigenvalue weighted by Crippen LogP contribution is -2.34. The number of fused-ring (bicyclic) bond motifs is 1. The SMILES string of the molecule is COc1ccc2c(c1)C(=O)C(Nc1ccn[nH]1)N=C2c1cccc(C)c1. The molecule has 2 N–H and O–H groups in total. The Labute approximate surface area is 150 Å². The number of nitrogens with zero attached hydrogens (tertiary/aromatic N) is 2. The molecule has 1 aromatic heterocycles. The molecule has 6 heteroatoms. The molecule has 0 aliphatic carbocycles. The number of hydrogen-bond acceptors (Lipinski definition) is 5. The van der Waals surface area contributed by atoms with E-state index in [1.807, 2.05) is 37.3 Å². The van der Waals surface area contributed by atoms with Crippen LogP contribution in [0.15, 0.2) is 59.7 Å². The molecule has 4 rings (SSSR count). The Bertz CT molecular complexity index is 993. The summed E-state index contributed by atoms with van der Waals surface area (Å²) in [5.41, 5.74) is 4.29. The second kappa shape index (κ2) is 6.48. The number of aliphatic imine (C=N–C) groups is 1. The van der Waals surface area contributed by atoms with Gasteiger partial charge in [-0.3, -0.25) is 14.9 Å². The van der Waals surface area contributed by atoms with E-state index in [4.69, 9.17) is 9.73 Å². The highest BCUT2D eigenvalue weighted by Crippen LogP contribution is 2.28. The second-order valence-electron chi connectivity index (χ2n) is 6.14. The number of aromatic nitrogens is 2. The molecule has 0 saturated carbocycles. The minimum absolute atomic E-state index is 0.107. The van der Waals surface area contributed by atoms with Crippen molar-refractivity contribution in [2.75, 3.05) is 12.4 Å². The summed E-state index contributed by atoms with van der Waals surface area (Å²) in [7, 11) is 1.59. The van der Waals surface area contributed by atoms with Crippen LogP contribution in [0, 0.1) is 6.92 Å². The number of ether oxygens (including phenoxy) is 1. The summed E-state index contributed by atoms with van der Waals surface area (Å²) in [5, 5.41) is 9.82. The van der Waals surface area contributed by atoms with E-state index in [1.54, 1.807) is 25.4 Å². The molecule has 0 bridgehead atoms. The number of aryl methyl sites for hydroxylation is 1. The van der Waals surface area contributed by atoms with Crippen LogP contribution in [0.25, 0.3) is 0 Å². The number of rotatable bonds is 4. The van der Waals surface area contributed by atoms with Crippen LogP contribution < -0.4 is 10.1 Å². The average Bonchev–Trinajstić information content (AvgIpc) is 3.17. The van der Waals surface area contributed by atoms with Gasteiger partial charge in [0.05, 0.1) is 19.0 Å². The Morgan fingerprint density at radius 1 is 1.12 bits per heavy atom. The van der Waals surface area contributed by atoms with Gasteiger partial charge < -0.3 is 10.1 Å². The van der Waals surface area contributed by atoms with Crippen LogP contribution in [0.4, 0.5) is 5.82 Å². The molecule has 2 aromatic carbocycles. The summed E-state index contributed by atoms with van der Waals surface area (Å²) in [6, 6.07) is 15.4. The van der Waals surface area contributed by atoms with E-state index in [-0.39, 0.29) is 5.78 Å². The maximum absolute atomic E-state index is 13.0. The Balaban J connectivity index is 1.84. The molecule has 1 unspecified atom stereocenters. The molecule has 0 amide bonds. The minimum atomic E-state index is -0.731. The predicted molar refractivity (Wildman–Crippen MR) is 100 cm³/mol. The number of nitrogens with one attached hydrogen (secondary N) is 2. The van der Waals surface area contributed by atoms with Gasteiger partial charge in [-0.2, -0.15) is 5.10 Å². The number of hydrogen-bond donors (Lipinski definition) is 2. The van der Waals surface area contributed by atoms with Crippen molar-refractivity contribution in [2.45, 2.75) is 13.1 Å². The van der Waals surface area contributed by atoms with Crippen molar-refractivity contribution in [1.82, 2.24) is 10.2 Å². The van der Waals surface area contributed by atoms with Gasteiger partial charge in [-0.15, -0.1) is 0 Å². The van der Waals surface area contributed by atoms with Gasteiger partial charge in [0, 0.05) is 16.7 Å². The Hall–Kier alpha value is -3.41. The Kier molecular flexibility index (Phi) is 4.01. The first kappa shape index (κ1) is 16.1. The van der Waals surface area contributed by atoms with Gasteiger partial charge in [0.15, 0.2) is 6.17 Å². The summed E-state index contributed by atoms with van der Waals surface area (Å²) in [6.07, 6.45) is 0.892. The van der Waals surface area contributed by atoms with Crippen LogP contribution in [-0.2, 0) is 0 Å². The summed E-state index contributed by atoms with van der Waals surface area (Å²) >= 11 is 0. The smallest absolute Gasteiger partial charge is 0.208 e. The molecule has 0 radical (unpaired) electrons. The van der Waals surface area contributed by atoms with E-state index in [2.05, 4.69) is 21.6 Å². The molecular formula is C20H18N4O2. The van der Waals surface area contributed by atoms with Gasteiger partial charge >= 0.3 is 0 Å². The number of H-pyrrole nitrogens is 1. The molecule has 6 nitrogen and oxygen atoms in total. The monoisotopic (exact) mass is 346 g/mol. The standard InChI is InChI=1S/C20H18N4O2/c1-12-4-3-5-13(10-12)18-15-7-6-14(26-2)11-16(15)19(25)20(23-18)22-17-8-9-21-24-17/h3-11,20H,1-2H3,(H2,21,22,24). The van der Waals surface area contributed by atoms with Crippen molar-refractivity contribution in [3.8, 4) is 5.75 Å². The Morgan fingerprint density at radius 2 is 2.00 bits per heavy atom. The zero-order chi connectivity index (χ0) is 18.1. The number of ketones is 1. The summed E-state index contributed by atoms with van der Waals surface area (Å²) in [4.78, 5) is 17.7. The highest BCUT2D eigenvalue weighted by Gasteiger charge is 2.30. The van der Waals surface area contributed by atoms with Crippen molar-refractivity contribution in [2.24, 2.45) is 4.99 Å². The van der Waals surface area contributed by atoms with Gasteiger partial charge in [-0.1, -0.05) is 23.8 Å². The molecule has 3 aromatic rings. The normalized spacial score (nSPS) is 16.0. The van der Waals surface area contributed by atoms with E-state index in [1.165, 1.54) is 0 Å². The molecule has 2 heterocycles. The van der Waals surface area contributed by atoms with Gasteiger partial charge in [0.25, 0.3) is 0 Å². The van der Waals surface area contributed by atoms with E-state index in [0.717, 1.165) is 22.4 Å². The molecule has 0 saturated heterocycles. The van der Waals surface area contributed by atoms with Crippen LogP contribution in [0.5, 0.6) is 5.75 Å². The van der Waals surface area contributed by atoms with E-state index >= 15 is 0 Å². The van der Waals surface area contributed by atoms with Crippen LogP contribution in [-0.4, -0.2) is 35.0 Å². The molecule has 130 valence electrons. The van der Waals surface area contributed by atoms with Gasteiger partial charge in [-0.25, -0.2) is 0 Å². The Morgan fingerprint density at radius 3 is 2.73 bits per heavy atom. The van der Waals surface area contributed by atoms with Crippen molar-refractivity contribution in [3.05, 3.63) is 77.0 Å². The number of anilines is 1. The highest BCUT2D eigenvalue weighted by molar-refractivity contribution is 6.23. The van der Waals surface area contributed by atoms with Gasteiger partial charge in [0.1, 0.15) is 11.6 Å². The van der Waals surface area contributed by atoms with Crippen LogP contribution in [0.1, 0.15) is 27.0 Å². The predicted octanol–water partition coefficient (Wildman–Crippen LogP) is 3.20. The molecular weight excluding hydrogens is 328 g/mol. The van der Waals surface area contributed by atoms with E-state index < -0.39 is 6.17 Å². The fourth-order valence-electron chi connectivity index (χ4n) is 3.07. The number of Topliss-reactive ketones (excluding diaryl/α,β-unsaturated/α-hetero) is 1. The number of carbonyl (C=O) groups excluding carboxylic acids is 1. The van der Waals surface area contributed by atoms with E-state index in [0.29, 0.717) is 17.1 Å². The molecule has 1 atom stereocenters. The van der Waals surface area contributed by atoms with Crippen molar-refractivity contribution in [3.63, 3.8) is 0 Å². The first-order valence-electron chi connectivity index (χ1n) is 8.29. The number of methoxy groups -OCH3 is 1.